The van der Waals surface area contributed by atoms with Gasteiger partial charge in [-0.15, -0.1) is 0 Å². The Morgan fingerprint density at radius 3 is 2.62 bits per heavy atom. The molecule has 0 spiro atoms. The Bertz CT molecular complexity index is 503. The quantitative estimate of drug-likeness (QED) is 0.805. The van der Waals surface area contributed by atoms with E-state index < -0.39 is 22.2 Å². The Kier molecular flexibility index (Phi) is 3.14. The van der Waals surface area contributed by atoms with E-state index in [9.17, 15) is 14.0 Å². The van der Waals surface area contributed by atoms with Crippen LogP contribution in [0.2, 0.25) is 5.15 Å². The van der Waals surface area contributed by atoms with E-state index in [2.05, 4.69) is 4.98 Å². The highest BCUT2D eigenvalue weighted by Gasteiger charge is 2.19. The molecule has 0 atom stereocenters. The number of aromatic nitrogens is 2. The maximum absolute atomic E-state index is 13.2. The smallest absolute Gasteiger partial charge is 0.295 e. The molecule has 1 fully saturated rings. The molecule has 1 saturated carbocycles. The van der Waals surface area contributed by atoms with Crippen molar-refractivity contribution in [3.8, 4) is 0 Å². The van der Waals surface area contributed by atoms with Gasteiger partial charge in [0, 0.05) is 6.54 Å². The van der Waals surface area contributed by atoms with E-state index in [0.29, 0.717) is 5.92 Å². The molecule has 2 rings (SSSR count). The van der Waals surface area contributed by atoms with Crippen LogP contribution in [0.25, 0.3) is 0 Å². The van der Waals surface area contributed by atoms with Gasteiger partial charge < -0.3 is 0 Å². The first kappa shape index (κ1) is 11.4. The summed E-state index contributed by atoms with van der Waals surface area (Å²) in [5.74, 6) is -0.793. The van der Waals surface area contributed by atoms with Crippen molar-refractivity contribution in [1.29, 1.82) is 0 Å². The summed E-state index contributed by atoms with van der Waals surface area (Å²) in [5, 5.41) is -0.516. The van der Waals surface area contributed by atoms with Gasteiger partial charge in [-0.25, -0.2) is 4.79 Å². The van der Waals surface area contributed by atoms with Crippen molar-refractivity contribution < 1.29 is 4.39 Å². The minimum Gasteiger partial charge on any atom is -0.295 e. The number of rotatable bonds is 2. The minimum atomic E-state index is -1.08. The Morgan fingerprint density at radius 1 is 1.38 bits per heavy atom. The Hall–Kier alpha value is -1.10. The lowest BCUT2D eigenvalue weighted by Crippen LogP contribution is -2.38. The maximum Gasteiger partial charge on any atom is 0.329 e. The van der Waals surface area contributed by atoms with Crippen molar-refractivity contribution in [3.05, 3.63) is 31.8 Å². The fourth-order valence-electron chi connectivity index (χ4n) is 2.14. The predicted octanol–water partition coefficient (Wildman–Crippen LogP) is 1.52. The van der Waals surface area contributed by atoms with E-state index in [0.717, 1.165) is 30.3 Å². The lowest BCUT2D eigenvalue weighted by atomic mass is 10.1. The summed E-state index contributed by atoms with van der Waals surface area (Å²) < 4.78 is 14.1. The van der Waals surface area contributed by atoms with Gasteiger partial charge in [-0.05, 0) is 18.8 Å². The second kappa shape index (κ2) is 4.41. The molecular weight excluding hydrogens is 235 g/mol. The van der Waals surface area contributed by atoms with Crippen LogP contribution in [0.3, 0.4) is 0 Å². The molecule has 88 valence electrons. The number of hydrogen-bond acceptors (Lipinski definition) is 2. The normalized spacial score (nSPS) is 16.9. The lowest BCUT2D eigenvalue weighted by Gasteiger charge is -2.10. The lowest BCUT2D eigenvalue weighted by molar-refractivity contribution is 0.423. The van der Waals surface area contributed by atoms with Crippen molar-refractivity contribution in [2.45, 2.75) is 32.2 Å². The average molecular weight is 247 g/mol. The summed E-state index contributed by atoms with van der Waals surface area (Å²) in [6.07, 6.45) is 4.17. The molecule has 6 heteroatoms. The monoisotopic (exact) mass is 246 g/mol. The number of nitrogens with zero attached hydrogens (tertiary/aromatic N) is 1. The van der Waals surface area contributed by atoms with Gasteiger partial charge >= 0.3 is 5.69 Å². The van der Waals surface area contributed by atoms with Gasteiger partial charge in [0.05, 0.1) is 0 Å². The molecule has 4 nitrogen and oxygen atoms in total. The second-order valence-corrected chi connectivity index (χ2v) is 4.50. The first-order valence-corrected chi connectivity index (χ1v) is 5.65. The molecule has 0 aromatic carbocycles. The largest absolute Gasteiger partial charge is 0.329 e. The van der Waals surface area contributed by atoms with Gasteiger partial charge in [-0.3, -0.25) is 14.3 Å². The third-order valence-electron chi connectivity index (χ3n) is 3.00. The van der Waals surface area contributed by atoms with E-state index in [-0.39, 0.29) is 6.54 Å². The second-order valence-electron chi connectivity index (χ2n) is 4.12. The number of nitrogens with one attached hydrogen (secondary N) is 1. The van der Waals surface area contributed by atoms with Crippen LogP contribution >= 0.6 is 11.6 Å². The minimum absolute atomic E-state index is 0.280. The van der Waals surface area contributed by atoms with Crippen molar-refractivity contribution in [3.63, 3.8) is 0 Å². The molecule has 1 aromatic rings. The van der Waals surface area contributed by atoms with E-state index in [1.165, 1.54) is 0 Å². The molecule has 0 saturated heterocycles. The zero-order valence-corrected chi connectivity index (χ0v) is 9.39. The Morgan fingerprint density at radius 2 is 2.00 bits per heavy atom. The van der Waals surface area contributed by atoms with E-state index in [4.69, 9.17) is 11.6 Å². The number of aromatic amines is 1. The fraction of sp³-hybridized carbons (Fsp3) is 0.600. The van der Waals surface area contributed by atoms with Crippen LogP contribution in [0.4, 0.5) is 4.39 Å². The molecule has 1 N–H and O–H groups in total. The summed E-state index contributed by atoms with van der Waals surface area (Å²) >= 11 is 5.36. The Balaban J connectivity index is 2.37. The van der Waals surface area contributed by atoms with Gasteiger partial charge in [0.2, 0.25) is 5.82 Å². The highest BCUT2D eigenvalue weighted by molar-refractivity contribution is 6.29. The highest BCUT2D eigenvalue weighted by atomic mass is 35.5. The van der Waals surface area contributed by atoms with Gasteiger partial charge in [0.1, 0.15) is 0 Å². The summed E-state index contributed by atoms with van der Waals surface area (Å²) in [4.78, 5) is 25.1. The van der Waals surface area contributed by atoms with Crippen LogP contribution in [0.5, 0.6) is 0 Å². The molecule has 0 bridgehead atoms. The summed E-state index contributed by atoms with van der Waals surface area (Å²) in [5.41, 5.74) is -1.57. The average Bonchev–Trinajstić information content (AvgIpc) is 2.74. The first-order valence-electron chi connectivity index (χ1n) is 5.27. The van der Waals surface area contributed by atoms with Crippen LogP contribution in [-0.2, 0) is 6.54 Å². The van der Waals surface area contributed by atoms with Crippen LogP contribution < -0.4 is 11.2 Å². The van der Waals surface area contributed by atoms with Crippen molar-refractivity contribution >= 4 is 11.6 Å². The number of H-pyrrole nitrogens is 1. The van der Waals surface area contributed by atoms with Crippen molar-refractivity contribution in [2.24, 2.45) is 5.92 Å². The molecule has 0 amide bonds. The van der Waals surface area contributed by atoms with Gasteiger partial charge in [0.15, 0.2) is 5.15 Å². The number of halogens is 2. The van der Waals surface area contributed by atoms with Crippen molar-refractivity contribution in [2.75, 3.05) is 0 Å². The fourth-order valence-corrected chi connectivity index (χ4v) is 2.30. The van der Waals surface area contributed by atoms with E-state index in [1.807, 2.05) is 0 Å². The Labute approximate surface area is 96.1 Å². The molecule has 16 heavy (non-hydrogen) atoms. The summed E-state index contributed by atoms with van der Waals surface area (Å²) in [7, 11) is 0. The standard InChI is InChI=1S/C10H12ClFN2O2/c11-8-7(12)9(15)14(10(16)13-8)5-6-3-1-2-4-6/h6H,1-5H2,(H,13,16). The van der Waals surface area contributed by atoms with Gasteiger partial charge in [0.25, 0.3) is 5.56 Å². The SMILES string of the molecule is O=c1[nH]c(Cl)c(F)c(=O)n1CC1CCCC1. The number of hydrogen-bond donors (Lipinski definition) is 1. The third kappa shape index (κ3) is 2.04. The topological polar surface area (TPSA) is 54.9 Å². The molecule has 0 aliphatic heterocycles. The van der Waals surface area contributed by atoms with Gasteiger partial charge in [-0.1, -0.05) is 24.4 Å². The van der Waals surface area contributed by atoms with E-state index in [1.54, 1.807) is 0 Å². The molecule has 1 aromatic heterocycles. The maximum atomic E-state index is 13.2. The van der Waals surface area contributed by atoms with E-state index >= 15 is 0 Å². The molecule has 0 radical (unpaired) electrons. The first-order chi connectivity index (χ1) is 7.59. The van der Waals surface area contributed by atoms with Gasteiger partial charge in [-0.2, -0.15) is 4.39 Å². The van der Waals surface area contributed by atoms with Crippen LogP contribution in [0, 0.1) is 11.7 Å². The molecule has 1 heterocycles. The zero-order valence-electron chi connectivity index (χ0n) is 8.63. The van der Waals surface area contributed by atoms with Crippen molar-refractivity contribution in [1.82, 2.24) is 9.55 Å². The summed E-state index contributed by atoms with van der Waals surface area (Å²) in [6, 6.07) is 0. The van der Waals surface area contributed by atoms with Crippen LogP contribution in [-0.4, -0.2) is 9.55 Å². The predicted molar refractivity (Wildman–Crippen MR) is 58.2 cm³/mol. The third-order valence-corrected chi connectivity index (χ3v) is 3.26. The van der Waals surface area contributed by atoms with Crippen LogP contribution in [0.15, 0.2) is 9.59 Å². The highest BCUT2D eigenvalue weighted by Crippen LogP contribution is 2.25. The molecule has 1 aliphatic rings. The molecule has 0 unspecified atom stereocenters. The molecular formula is C10H12ClFN2O2. The molecule has 1 aliphatic carbocycles. The van der Waals surface area contributed by atoms with Crippen LogP contribution in [0.1, 0.15) is 25.7 Å². The summed E-state index contributed by atoms with van der Waals surface area (Å²) in [6.45, 7) is 0.280. The zero-order chi connectivity index (χ0) is 11.7.